The van der Waals surface area contributed by atoms with Gasteiger partial charge in [-0.15, -0.1) is 0 Å². The van der Waals surface area contributed by atoms with Crippen molar-refractivity contribution in [1.82, 2.24) is 25.9 Å². The van der Waals surface area contributed by atoms with Crippen LogP contribution < -0.4 is 20.7 Å². The SMILES string of the molecule is COc1cccc(-c2cnc([C@H](C)NC(=O)[C@H](C)NC(=O)C3CCC(COC(=O)NC(C)(C)C)CC3)[nH]2)c1. The van der Waals surface area contributed by atoms with Crippen LogP contribution in [0.3, 0.4) is 0 Å². The first-order chi connectivity index (χ1) is 17.9. The van der Waals surface area contributed by atoms with Crippen LogP contribution in [0.15, 0.2) is 30.5 Å². The fraction of sp³-hybridized carbons (Fsp3) is 0.571. The van der Waals surface area contributed by atoms with Crippen LogP contribution in [0.25, 0.3) is 11.3 Å². The molecule has 10 heteroatoms. The minimum Gasteiger partial charge on any atom is -0.497 e. The number of amides is 3. The van der Waals surface area contributed by atoms with Crippen molar-refractivity contribution in [2.75, 3.05) is 13.7 Å². The summed E-state index contributed by atoms with van der Waals surface area (Å²) in [5.41, 5.74) is 1.40. The van der Waals surface area contributed by atoms with E-state index in [-0.39, 0.29) is 35.2 Å². The number of carbonyl (C=O) groups is 3. The van der Waals surface area contributed by atoms with E-state index in [1.54, 1.807) is 20.2 Å². The number of alkyl carbamates (subject to hydrolysis) is 1. The van der Waals surface area contributed by atoms with Gasteiger partial charge in [0.2, 0.25) is 11.8 Å². The van der Waals surface area contributed by atoms with E-state index in [0.717, 1.165) is 29.8 Å². The smallest absolute Gasteiger partial charge is 0.407 e. The van der Waals surface area contributed by atoms with Crippen LogP contribution in [0, 0.1) is 11.8 Å². The van der Waals surface area contributed by atoms with Crippen LogP contribution in [0.4, 0.5) is 4.79 Å². The number of aromatic nitrogens is 2. The highest BCUT2D eigenvalue weighted by atomic mass is 16.5. The molecule has 38 heavy (non-hydrogen) atoms. The van der Waals surface area contributed by atoms with E-state index < -0.39 is 12.1 Å². The number of carbonyl (C=O) groups excluding carboxylic acids is 3. The number of aromatic amines is 1. The van der Waals surface area contributed by atoms with Gasteiger partial charge >= 0.3 is 6.09 Å². The molecule has 0 radical (unpaired) electrons. The quantitative estimate of drug-likeness (QED) is 0.388. The Bertz CT molecular complexity index is 1100. The Balaban J connectivity index is 1.42. The summed E-state index contributed by atoms with van der Waals surface area (Å²) in [7, 11) is 1.62. The number of benzene rings is 1. The van der Waals surface area contributed by atoms with Crippen molar-refractivity contribution in [3.8, 4) is 17.0 Å². The van der Waals surface area contributed by atoms with E-state index in [9.17, 15) is 14.4 Å². The molecule has 1 aliphatic rings. The van der Waals surface area contributed by atoms with E-state index in [1.807, 2.05) is 52.0 Å². The predicted molar refractivity (Wildman–Crippen MR) is 144 cm³/mol. The monoisotopic (exact) mass is 527 g/mol. The van der Waals surface area contributed by atoms with Gasteiger partial charge < -0.3 is 30.4 Å². The second-order valence-corrected chi connectivity index (χ2v) is 11.1. The Morgan fingerprint density at radius 1 is 1.11 bits per heavy atom. The molecular weight excluding hydrogens is 486 g/mol. The molecule has 1 fully saturated rings. The Kier molecular flexibility index (Phi) is 9.77. The molecule has 1 aromatic heterocycles. The van der Waals surface area contributed by atoms with E-state index in [4.69, 9.17) is 9.47 Å². The lowest BCUT2D eigenvalue weighted by Crippen LogP contribution is -2.47. The predicted octanol–water partition coefficient (Wildman–Crippen LogP) is 4.10. The van der Waals surface area contributed by atoms with Crippen molar-refractivity contribution in [2.45, 2.75) is 77.9 Å². The Hall–Kier alpha value is -3.56. The van der Waals surface area contributed by atoms with Gasteiger partial charge in [0.1, 0.15) is 17.6 Å². The molecule has 0 saturated heterocycles. The molecule has 1 heterocycles. The zero-order valence-corrected chi connectivity index (χ0v) is 23.2. The summed E-state index contributed by atoms with van der Waals surface area (Å²) in [6.07, 6.45) is 4.29. The molecule has 1 saturated carbocycles. The average Bonchev–Trinajstić information content (AvgIpc) is 3.37. The third-order valence-corrected chi connectivity index (χ3v) is 6.64. The number of imidazole rings is 1. The van der Waals surface area contributed by atoms with Gasteiger partial charge in [-0.1, -0.05) is 12.1 Å². The van der Waals surface area contributed by atoms with E-state index in [0.29, 0.717) is 25.3 Å². The molecule has 1 aliphatic carbocycles. The number of ether oxygens (including phenoxy) is 2. The van der Waals surface area contributed by atoms with Gasteiger partial charge in [0.05, 0.1) is 31.6 Å². The van der Waals surface area contributed by atoms with Crippen LogP contribution in [0.5, 0.6) is 5.75 Å². The van der Waals surface area contributed by atoms with Crippen molar-refractivity contribution < 1.29 is 23.9 Å². The van der Waals surface area contributed by atoms with E-state index >= 15 is 0 Å². The number of methoxy groups -OCH3 is 1. The minimum atomic E-state index is -0.681. The molecule has 3 amide bonds. The number of H-pyrrole nitrogens is 1. The standard InChI is InChI=1S/C28H41N5O5/c1-17(24-29-15-23(32-24)21-8-7-9-22(14-21)37-6)30-25(34)18(2)31-26(35)20-12-10-19(11-13-20)16-38-27(36)33-28(3,4)5/h7-9,14-15,17-20H,10-13,16H2,1-6H3,(H,29,32)(H,30,34)(H,31,35)(H,33,36)/t17-,18-,19?,20?/m0/s1. The van der Waals surface area contributed by atoms with Gasteiger partial charge in [0, 0.05) is 17.0 Å². The molecule has 208 valence electrons. The third-order valence-electron chi connectivity index (χ3n) is 6.64. The summed E-state index contributed by atoms with van der Waals surface area (Å²) in [5, 5.41) is 8.55. The molecule has 0 aliphatic heterocycles. The second kappa shape index (κ2) is 12.8. The Labute approximate surface area is 224 Å². The zero-order chi connectivity index (χ0) is 27.9. The molecule has 0 unspecified atom stereocenters. The first-order valence-electron chi connectivity index (χ1n) is 13.2. The molecule has 2 atom stereocenters. The molecule has 0 spiro atoms. The fourth-order valence-corrected chi connectivity index (χ4v) is 4.42. The van der Waals surface area contributed by atoms with Crippen LogP contribution in [0.2, 0.25) is 0 Å². The van der Waals surface area contributed by atoms with E-state index in [1.165, 1.54) is 0 Å². The minimum absolute atomic E-state index is 0.122. The Morgan fingerprint density at radius 3 is 2.47 bits per heavy atom. The van der Waals surface area contributed by atoms with Gasteiger partial charge in [-0.2, -0.15) is 0 Å². The molecule has 10 nitrogen and oxygen atoms in total. The molecule has 2 aromatic rings. The number of hydrogen-bond acceptors (Lipinski definition) is 6. The summed E-state index contributed by atoms with van der Waals surface area (Å²) >= 11 is 0. The lowest BCUT2D eigenvalue weighted by Gasteiger charge is -2.29. The number of rotatable bonds is 9. The van der Waals surface area contributed by atoms with Crippen LogP contribution >= 0.6 is 0 Å². The summed E-state index contributed by atoms with van der Waals surface area (Å²) in [4.78, 5) is 45.1. The van der Waals surface area contributed by atoms with Crippen LogP contribution in [-0.2, 0) is 14.3 Å². The lowest BCUT2D eigenvalue weighted by molar-refractivity contribution is -0.131. The van der Waals surface area contributed by atoms with Gasteiger partial charge in [-0.3, -0.25) is 9.59 Å². The molecule has 0 bridgehead atoms. The maximum atomic E-state index is 12.8. The third kappa shape index (κ3) is 8.49. The lowest BCUT2D eigenvalue weighted by atomic mass is 9.82. The number of hydrogen-bond donors (Lipinski definition) is 4. The highest BCUT2D eigenvalue weighted by Crippen LogP contribution is 2.29. The highest BCUT2D eigenvalue weighted by molar-refractivity contribution is 5.88. The van der Waals surface area contributed by atoms with Crippen LogP contribution in [-0.4, -0.2) is 53.2 Å². The van der Waals surface area contributed by atoms with Crippen molar-refractivity contribution >= 4 is 17.9 Å². The Morgan fingerprint density at radius 2 is 1.82 bits per heavy atom. The zero-order valence-electron chi connectivity index (χ0n) is 23.2. The largest absolute Gasteiger partial charge is 0.497 e. The highest BCUT2D eigenvalue weighted by Gasteiger charge is 2.29. The average molecular weight is 528 g/mol. The van der Waals surface area contributed by atoms with Crippen molar-refractivity contribution in [3.05, 3.63) is 36.3 Å². The second-order valence-electron chi connectivity index (χ2n) is 11.1. The van der Waals surface area contributed by atoms with Crippen molar-refractivity contribution in [1.29, 1.82) is 0 Å². The summed E-state index contributed by atoms with van der Waals surface area (Å²) in [6, 6.07) is 6.57. The molecule has 3 rings (SSSR count). The topological polar surface area (TPSA) is 134 Å². The molecule has 4 N–H and O–H groups in total. The van der Waals surface area contributed by atoms with Crippen molar-refractivity contribution in [2.24, 2.45) is 11.8 Å². The maximum absolute atomic E-state index is 12.8. The van der Waals surface area contributed by atoms with Gasteiger partial charge in [0.25, 0.3) is 0 Å². The summed E-state index contributed by atoms with van der Waals surface area (Å²) in [6.45, 7) is 9.56. The molecule has 1 aromatic carbocycles. The van der Waals surface area contributed by atoms with Gasteiger partial charge in [-0.05, 0) is 78.4 Å². The normalized spacial score (nSPS) is 19.1. The van der Waals surface area contributed by atoms with Gasteiger partial charge in [0.15, 0.2) is 0 Å². The summed E-state index contributed by atoms with van der Waals surface area (Å²) in [5.74, 6) is 1.04. The maximum Gasteiger partial charge on any atom is 0.407 e. The fourth-order valence-electron chi connectivity index (χ4n) is 4.42. The first kappa shape index (κ1) is 29.0. The van der Waals surface area contributed by atoms with E-state index in [2.05, 4.69) is 25.9 Å². The number of nitrogens with one attached hydrogen (secondary N) is 4. The van der Waals surface area contributed by atoms with Crippen molar-refractivity contribution in [3.63, 3.8) is 0 Å². The number of nitrogens with zero attached hydrogens (tertiary/aromatic N) is 1. The van der Waals surface area contributed by atoms with Gasteiger partial charge in [-0.25, -0.2) is 9.78 Å². The first-order valence-corrected chi connectivity index (χ1v) is 13.2. The summed E-state index contributed by atoms with van der Waals surface area (Å²) < 4.78 is 10.6. The van der Waals surface area contributed by atoms with Crippen LogP contribution in [0.1, 0.15) is 72.2 Å². The molecular formula is C28H41N5O5.